The fourth-order valence-electron chi connectivity index (χ4n) is 2.45. The van der Waals surface area contributed by atoms with Crippen LogP contribution in [-0.2, 0) is 11.2 Å². The number of carbonyl (C=O) groups is 1. The van der Waals surface area contributed by atoms with Crippen molar-refractivity contribution in [3.05, 3.63) is 22.4 Å². The second kappa shape index (κ2) is 6.90. The van der Waals surface area contributed by atoms with Crippen molar-refractivity contribution < 1.29 is 4.79 Å². The largest absolute Gasteiger partial charge is 0.354 e. The normalized spacial score (nSPS) is 23.8. The van der Waals surface area contributed by atoms with Gasteiger partial charge in [-0.1, -0.05) is 13.3 Å². The van der Waals surface area contributed by atoms with E-state index in [1.54, 1.807) is 11.3 Å². The molecule has 100 valence electrons. The number of amides is 1. The minimum atomic E-state index is 0.0196. The van der Waals surface area contributed by atoms with Gasteiger partial charge < -0.3 is 10.6 Å². The van der Waals surface area contributed by atoms with Crippen LogP contribution in [0.25, 0.3) is 0 Å². The first-order valence-electron chi connectivity index (χ1n) is 6.81. The Hall–Kier alpha value is -0.870. The van der Waals surface area contributed by atoms with Gasteiger partial charge in [-0.3, -0.25) is 4.79 Å². The van der Waals surface area contributed by atoms with Crippen LogP contribution in [0.1, 0.15) is 31.7 Å². The number of hydrogen-bond acceptors (Lipinski definition) is 3. The molecule has 1 amide bonds. The van der Waals surface area contributed by atoms with Gasteiger partial charge in [-0.15, -0.1) is 0 Å². The second-order valence-corrected chi connectivity index (χ2v) is 5.76. The van der Waals surface area contributed by atoms with Gasteiger partial charge in [0.1, 0.15) is 0 Å². The van der Waals surface area contributed by atoms with E-state index >= 15 is 0 Å². The summed E-state index contributed by atoms with van der Waals surface area (Å²) < 4.78 is 0. The van der Waals surface area contributed by atoms with E-state index in [2.05, 4.69) is 34.4 Å². The average Bonchev–Trinajstić information content (AvgIpc) is 2.92. The Labute approximate surface area is 113 Å². The van der Waals surface area contributed by atoms with E-state index in [1.165, 1.54) is 18.4 Å². The van der Waals surface area contributed by atoms with Crippen molar-refractivity contribution in [3.63, 3.8) is 0 Å². The van der Waals surface area contributed by atoms with E-state index in [0.29, 0.717) is 5.92 Å². The van der Waals surface area contributed by atoms with E-state index in [4.69, 9.17) is 0 Å². The topological polar surface area (TPSA) is 41.1 Å². The summed E-state index contributed by atoms with van der Waals surface area (Å²) in [6, 6.07) is 2.13. The summed E-state index contributed by atoms with van der Waals surface area (Å²) >= 11 is 1.70. The Morgan fingerprint density at radius 3 is 3.22 bits per heavy atom. The predicted octanol–water partition coefficient (Wildman–Crippen LogP) is 2.18. The number of carbonyl (C=O) groups excluding carboxylic acids is 1. The van der Waals surface area contributed by atoms with Crippen molar-refractivity contribution in [2.45, 2.75) is 38.6 Å². The fourth-order valence-corrected chi connectivity index (χ4v) is 3.16. The molecule has 1 aliphatic rings. The van der Waals surface area contributed by atoms with E-state index in [-0.39, 0.29) is 11.9 Å². The molecule has 4 heteroatoms. The Morgan fingerprint density at radius 2 is 2.50 bits per heavy atom. The molecule has 1 aliphatic heterocycles. The number of rotatable bonds is 5. The van der Waals surface area contributed by atoms with Crippen LogP contribution in [-0.4, -0.2) is 25.0 Å². The van der Waals surface area contributed by atoms with Crippen LogP contribution < -0.4 is 10.6 Å². The summed E-state index contributed by atoms with van der Waals surface area (Å²) in [5.41, 5.74) is 1.31. The highest BCUT2D eigenvalue weighted by molar-refractivity contribution is 7.07. The van der Waals surface area contributed by atoms with Gasteiger partial charge in [0.2, 0.25) is 5.91 Å². The lowest BCUT2D eigenvalue weighted by Crippen LogP contribution is -2.49. The minimum absolute atomic E-state index is 0.0196. The monoisotopic (exact) mass is 266 g/mol. The van der Waals surface area contributed by atoms with Crippen LogP contribution in [0.15, 0.2) is 16.8 Å². The van der Waals surface area contributed by atoms with Crippen LogP contribution >= 0.6 is 11.3 Å². The molecule has 2 atom stereocenters. The molecule has 1 aromatic rings. The van der Waals surface area contributed by atoms with Gasteiger partial charge in [-0.25, -0.2) is 0 Å². The highest BCUT2D eigenvalue weighted by atomic mass is 32.1. The minimum Gasteiger partial charge on any atom is -0.354 e. The van der Waals surface area contributed by atoms with Crippen molar-refractivity contribution >= 4 is 17.2 Å². The zero-order valence-corrected chi connectivity index (χ0v) is 11.8. The Kier molecular flexibility index (Phi) is 5.20. The predicted molar refractivity (Wildman–Crippen MR) is 75.8 cm³/mol. The summed E-state index contributed by atoms with van der Waals surface area (Å²) in [4.78, 5) is 12.0. The second-order valence-electron chi connectivity index (χ2n) is 4.98. The molecule has 0 bridgehead atoms. The lowest BCUT2D eigenvalue weighted by molar-refractivity contribution is -0.124. The Bertz CT molecular complexity index is 364. The van der Waals surface area contributed by atoms with Crippen LogP contribution in [0.3, 0.4) is 0 Å². The molecule has 18 heavy (non-hydrogen) atoms. The van der Waals surface area contributed by atoms with Crippen molar-refractivity contribution in [2.24, 2.45) is 5.92 Å². The maximum absolute atomic E-state index is 12.0. The van der Waals surface area contributed by atoms with Gasteiger partial charge in [0.05, 0.1) is 6.04 Å². The fraction of sp³-hybridized carbons (Fsp3) is 0.643. The third kappa shape index (κ3) is 3.82. The molecule has 2 heterocycles. The molecule has 2 unspecified atom stereocenters. The molecule has 2 N–H and O–H groups in total. The molecule has 1 fully saturated rings. The first-order valence-corrected chi connectivity index (χ1v) is 7.76. The van der Waals surface area contributed by atoms with Gasteiger partial charge in [0.15, 0.2) is 0 Å². The molecule has 0 saturated carbocycles. The lowest BCUT2D eigenvalue weighted by Gasteiger charge is -2.28. The zero-order chi connectivity index (χ0) is 12.8. The molecule has 1 saturated heterocycles. The number of nitrogens with one attached hydrogen (secondary N) is 2. The first-order chi connectivity index (χ1) is 8.79. The van der Waals surface area contributed by atoms with E-state index in [9.17, 15) is 4.79 Å². The first kappa shape index (κ1) is 13.6. The summed E-state index contributed by atoms with van der Waals surface area (Å²) in [5, 5.41) is 10.6. The average molecular weight is 266 g/mol. The van der Waals surface area contributed by atoms with Gasteiger partial charge >= 0.3 is 0 Å². The Balaban J connectivity index is 1.70. The maximum atomic E-state index is 12.0. The standard InChI is InChI=1S/C14H22N2OS/c1-2-11-3-6-15-13(9-11)14(17)16-7-4-12-5-8-18-10-12/h5,8,10-11,13,15H,2-4,6-7,9H2,1H3,(H,16,17). The van der Waals surface area contributed by atoms with Crippen LogP contribution in [0.2, 0.25) is 0 Å². The van der Waals surface area contributed by atoms with Crippen molar-refractivity contribution in [3.8, 4) is 0 Å². The van der Waals surface area contributed by atoms with Crippen molar-refractivity contribution in [2.75, 3.05) is 13.1 Å². The molecule has 0 spiro atoms. The molecule has 0 radical (unpaired) electrons. The summed E-state index contributed by atoms with van der Waals surface area (Å²) in [5.74, 6) is 0.877. The van der Waals surface area contributed by atoms with Crippen molar-refractivity contribution in [1.82, 2.24) is 10.6 Å². The molecule has 0 aromatic carbocycles. The van der Waals surface area contributed by atoms with Gasteiger partial charge in [-0.05, 0) is 54.1 Å². The van der Waals surface area contributed by atoms with Crippen molar-refractivity contribution in [1.29, 1.82) is 0 Å². The molecular formula is C14H22N2OS. The third-order valence-electron chi connectivity index (χ3n) is 3.70. The zero-order valence-electron chi connectivity index (χ0n) is 10.9. The van der Waals surface area contributed by atoms with E-state index in [0.717, 1.165) is 25.9 Å². The van der Waals surface area contributed by atoms with E-state index < -0.39 is 0 Å². The van der Waals surface area contributed by atoms with Crippen LogP contribution in [0.4, 0.5) is 0 Å². The molecule has 2 rings (SSSR count). The highest BCUT2D eigenvalue weighted by Gasteiger charge is 2.25. The van der Waals surface area contributed by atoms with Gasteiger partial charge in [0, 0.05) is 6.54 Å². The Morgan fingerprint density at radius 1 is 1.61 bits per heavy atom. The summed E-state index contributed by atoms with van der Waals surface area (Å²) in [6.07, 6.45) is 4.30. The van der Waals surface area contributed by atoms with Crippen LogP contribution in [0, 0.1) is 5.92 Å². The van der Waals surface area contributed by atoms with Gasteiger partial charge in [-0.2, -0.15) is 11.3 Å². The smallest absolute Gasteiger partial charge is 0.237 e. The third-order valence-corrected chi connectivity index (χ3v) is 4.43. The SMILES string of the molecule is CCC1CCNC(C(=O)NCCc2ccsc2)C1. The maximum Gasteiger partial charge on any atom is 0.237 e. The number of thiophene rings is 1. The number of hydrogen-bond donors (Lipinski definition) is 2. The molecule has 3 nitrogen and oxygen atoms in total. The molecule has 0 aliphatic carbocycles. The van der Waals surface area contributed by atoms with Crippen LogP contribution in [0.5, 0.6) is 0 Å². The summed E-state index contributed by atoms with van der Waals surface area (Å²) in [7, 11) is 0. The lowest BCUT2D eigenvalue weighted by atomic mass is 9.90. The highest BCUT2D eigenvalue weighted by Crippen LogP contribution is 2.19. The molecule has 1 aromatic heterocycles. The summed E-state index contributed by atoms with van der Waals surface area (Å²) in [6.45, 7) is 3.92. The number of piperidine rings is 1. The van der Waals surface area contributed by atoms with E-state index in [1.807, 2.05) is 0 Å². The molecular weight excluding hydrogens is 244 g/mol. The van der Waals surface area contributed by atoms with Gasteiger partial charge in [0.25, 0.3) is 0 Å². The quantitative estimate of drug-likeness (QED) is 0.857.